The van der Waals surface area contributed by atoms with Crippen LogP contribution in [0.5, 0.6) is 0 Å². The average Bonchev–Trinajstić information content (AvgIpc) is 3.54. The second-order valence-corrected chi connectivity index (χ2v) is 10.6. The van der Waals surface area contributed by atoms with Crippen molar-refractivity contribution in [3.05, 3.63) is 41.3 Å². The maximum absolute atomic E-state index is 5.07. The minimum Gasteiger partial charge on any atom is -0.369 e. The van der Waals surface area contributed by atoms with Crippen LogP contribution in [0.2, 0.25) is 0 Å². The first kappa shape index (κ1) is 19.5. The number of rotatable bonds is 3. The molecule has 3 saturated heterocycles. The van der Waals surface area contributed by atoms with Gasteiger partial charge >= 0.3 is 0 Å². The minimum absolute atomic E-state index is 0.326. The number of thiophene rings is 1. The summed E-state index contributed by atoms with van der Waals surface area (Å²) >= 11 is 1.88. The summed E-state index contributed by atoms with van der Waals surface area (Å²) in [6, 6.07) is 13.6. The molecule has 162 valence electrons. The quantitative estimate of drug-likeness (QED) is 0.653. The number of anilines is 2. The lowest BCUT2D eigenvalue weighted by molar-refractivity contribution is 0.419. The molecule has 0 amide bonds. The largest absolute Gasteiger partial charge is 0.369 e. The first-order valence-electron chi connectivity index (χ1n) is 11.7. The molecule has 5 nitrogen and oxygen atoms in total. The lowest BCUT2D eigenvalue weighted by Crippen LogP contribution is -2.43. The molecule has 1 atom stereocenters. The van der Waals surface area contributed by atoms with E-state index in [1.54, 1.807) is 0 Å². The minimum atomic E-state index is 0.326. The molecule has 3 fully saturated rings. The van der Waals surface area contributed by atoms with Crippen LogP contribution < -0.4 is 20.4 Å². The van der Waals surface area contributed by atoms with Gasteiger partial charge in [-0.3, -0.25) is 0 Å². The molecule has 6 heteroatoms. The molecular weight excluding hydrogens is 402 g/mol. The fraction of sp³-hybridized carbons (Fsp3) is 0.480. The van der Waals surface area contributed by atoms with E-state index in [4.69, 9.17) is 4.98 Å². The highest BCUT2D eigenvalue weighted by atomic mass is 32.1. The number of fused-ring (bicyclic) bond motifs is 1. The number of aryl methyl sites for hydroxylation is 1. The number of pyridine rings is 1. The summed E-state index contributed by atoms with van der Waals surface area (Å²) in [5, 5.41) is 7.24. The van der Waals surface area contributed by atoms with Gasteiger partial charge in [-0.25, -0.2) is 4.98 Å². The van der Waals surface area contributed by atoms with E-state index in [1.165, 1.54) is 52.3 Å². The van der Waals surface area contributed by atoms with Crippen molar-refractivity contribution in [2.75, 3.05) is 55.6 Å². The third-order valence-corrected chi connectivity index (χ3v) is 8.32. The molecule has 0 aliphatic carbocycles. The molecule has 2 N–H and O–H groups in total. The summed E-state index contributed by atoms with van der Waals surface area (Å²) in [5.41, 5.74) is 6.45. The van der Waals surface area contributed by atoms with Crippen LogP contribution in [0.1, 0.15) is 24.1 Å². The Morgan fingerprint density at radius 2 is 1.81 bits per heavy atom. The fourth-order valence-electron chi connectivity index (χ4n) is 5.57. The number of aromatic nitrogens is 1. The maximum atomic E-state index is 5.07. The Hall–Kier alpha value is -2.15. The van der Waals surface area contributed by atoms with Gasteiger partial charge in [-0.2, -0.15) is 0 Å². The van der Waals surface area contributed by atoms with Crippen LogP contribution in [-0.4, -0.2) is 56.3 Å². The van der Waals surface area contributed by atoms with Crippen molar-refractivity contribution in [2.24, 2.45) is 0 Å². The fourth-order valence-corrected chi connectivity index (χ4v) is 6.56. The number of hydrogen-bond acceptors (Lipinski definition) is 6. The predicted molar refractivity (Wildman–Crippen MR) is 132 cm³/mol. The van der Waals surface area contributed by atoms with Crippen LogP contribution in [0.15, 0.2) is 36.4 Å². The molecule has 6 rings (SSSR count). The SMILES string of the molecule is Cc1cc2nc(-c3ccc(N4CCNCC4)cc3)cc(N3CCC4(CCCN4)C3)c2s1. The van der Waals surface area contributed by atoms with Crippen molar-refractivity contribution in [2.45, 2.75) is 31.7 Å². The monoisotopic (exact) mass is 433 g/mol. The predicted octanol–water partition coefficient (Wildman–Crippen LogP) is 4.01. The van der Waals surface area contributed by atoms with E-state index in [0.717, 1.165) is 50.5 Å². The lowest BCUT2D eigenvalue weighted by atomic mass is 9.97. The van der Waals surface area contributed by atoms with Crippen molar-refractivity contribution in [3.8, 4) is 11.3 Å². The summed E-state index contributed by atoms with van der Waals surface area (Å²) in [4.78, 5) is 11.5. The van der Waals surface area contributed by atoms with E-state index in [-0.39, 0.29) is 0 Å². The summed E-state index contributed by atoms with van der Waals surface area (Å²) < 4.78 is 1.34. The first-order valence-corrected chi connectivity index (χ1v) is 12.5. The Morgan fingerprint density at radius 3 is 2.58 bits per heavy atom. The number of nitrogens with zero attached hydrogens (tertiary/aromatic N) is 3. The zero-order valence-electron chi connectivity index (χ0n) is 18.3. The van der Waals surface area contributed by atoms with Gasteiger partial charge < -0.3 is 20.4 Å². The number of benzene rings is 1. The number of piperazine rings is 1. The first-order chi connectivity index (χ1) is 15.2. The molecule has 0 radical (unpaired) electrons. The highest BCUT2D eigenvalue weighted by Crippen LogP contribution is 2.40. The Labute approximate surface area is 188 Å². The van der Waals surface area contributed by atoms with Gasteiger partial charge in [0.15, 0.2) is 0 Å². The molecular formula is C25H31N5S. The summed E-state index contributed by atoms with van der Waals surface area (Å²) in [5.74, 6) is 0. The van der Waals surface area contributed by atoms with E-state index in [1.807, 2.05) is 11.3 Å². The molecule has 31 heavy (non-hydrogen) atoms. The summed E-state index contributed by atoms with van der Waals surface area (Å²) in [6.07, 6.45) is 3.86. The topological polar surface area (TPSA) is 43.4 Å². The van der Waals surface area contributed by atoms with Crippen LogP contribution in [0.3, 0.4) is 0 Å². The van der Waals surface area contributed by atoms with Crippen LogP contribution in [0.25, 0.3) is 21.5 Å². The molecule has 1 spiro atoms. The van der Waals surface area contributed by atoms with Crippen molar-refractivity contribution in [3.63, 3.8) is 0 Å². The molecule has 5 heterocycles. The van der Waals surface area contributed by atoms with Gasteiger partial charge in [0, 0.05) is 60.9 Å². The smallest absolute Gasteiger partial charge is 0.0841 e. The van der Waals surface area contributed by atoms with Crippen LogP contribution in [0, 0.1) is 6.92 Å². The highest BCUT2D eigenvalue weighted by molar-refractivity contribution is 7.19. The standard InChI is InChI=1S/C25H31N5S/c1-18-15-22-24(31-18)23(30-12-8-25(17-30)7-2-9-27-25)16-21(28-22)19-3-5-20(6-4-19)29-13-10-26-11-14-29/h3-6,15-16,26-27H,2,7-14,17H2,1H3. The molecule has 1 aromatic carbocycles. The van der Waals surface area contributed by atoms with Gasteiger partial charge in [-0.1, -0.05) is 12.1 Å². The van der Waals surface area contributed by atoms with Crippen LogP contribution in [-0.2, 0) is 0 Å². The number of nitrogens with one attached hydrogen (secondary N) is 2. The Kier molecular flexibility index (Phi) is 4.89. The van der Waals surface area contributed by atoms with E-state index in [0.29, 0.717) is 5.54 Å². The van der Waals surface area contributed by atoms with Crippen molar-refractivity contribution in [1.82, 2.24) is 15.6 Å². The molecule has 3 aliphatic rings. The van der Waals surface area contributed by atoms with E-state index in [9.17, 15) is 0 Å². The molecule has 1 unspecified atom stereocenters. The maximum Gasteiger partial charge on any atom is 0.0841 e. The Morgan fingerprint density at radius 1 is 0.968 bits per heavy atom. The van der Waals surface area contributed by atoms with Gasteiger partial charge in [0.1, 0.15) is 0 Å². The lowest BCUT2D eigenvalue weighted by Gasteiger charge is -2.29. The van der Waals surface area contributed by atoms with Gasteiger partial charge in [0.05, 0.1) is 21.6 Å². The summed E-state index contributed by atoms with van der Waals surface area (Å²) in [7, 11) is 0. The average molecular weight is 434 g/mol. The molecule has 2 aromatic heterocycles. The molecule has 3 aromatic rings. The van der Waals surface area contributed by atoms with Gasteiger partial charge in [-0.15, -0.1) is 11.3 Å². The third kappa shape index (κ3) is 3.60. The molecule has 0 bridgehead atoms. The van der Waals surface area contributed by atoms with Crippen molar-refractivity contribution in [1.29, 1.82) is 0 Å². The summed E-state index contributed by atoms with van der Waals surface area (Å²) in [6.45, 7) is 9.89. The Bertz CT molecular complexity index is 1080. The van der Waals surface area contributed by atoms with Gasteiger partial charge in [-0.05, 0) is 57.0 Å². The number of hydrogen-bond donors (Lipinski definition) is 2. The van der Waals surface area contributed by atoms with Crippen molar-refractivity contribution >= 4 is 32.9 Å². The van der Waals surface area contributed by atoms with Gasteiger partial charge in [0.2, 0.25) is 0 Å². The highest BCUT2D eigenvalue weighted by Gasteiger charge is 2.40. The van der Waals surface area contributed by atoms with Crippen molar-refractivity contribution < 1.29 is 0 Å². The normalized spacial score (nSPS) is 24.0. The molecule has 3 aliphatic heterocycles. The zero-order chi connectivity index (χ0) is 20.8. The van der Waals surface area contributed by atoms with E-state index < -0.39 is 0 Å². The van der Waals surface area contributed by atoms with Crippen LogP contribution in [0.4, 0.5) is 11.4 Å². The molecule has 0 saturated carbocycles. The third-order valence-electron chi connectivity index (χ3n) is 7.25. The van der Waals surface area contributed by atoms with E-state index in [2.05, 4.69) is 63.8 Å². The second-order valence-electron chi connectivity index (χ2n) is 9.36. The zero-order valence-corrected chi connectivity index (χ0v) is 19.1. The van der Waals surface area contributed by atoms with Gasteiger partial charge in [0.25, 0.3) is 0 Å². The second kappa shape index (κ2) is 7.76. The van der Waals surface area contributed by atoms with E-state index >= 15 is 0 Å². The van der Waals surface area contributed by atoms with Crippen LogP contribution >= 0.6 is 11.3 Å². The Balaban J connectivity index is 1.35.